The summed E-state index contributed by atoms with van der Waals surface area (Å²) in [6, 6.07) is 0. The third-order valence-corrected chi connectivity index (χ3v) is 0.232. The fourth-order valence-corrected chi connectivity index (χ4v) is 0.0556. The maximum absolute atomic E-state index is 9.36. The highest BCUT2D eigenvalue weighted by Gasteiger charge is 1.56. The molecule has 0 aliphatic heterocycles. The van der Waals surface area contributed by atoms with Crippen molar-refractivity contribution in [3.8, 4) is 0 Å². The van der Waals surface area contributed by atoms with Gasteiger partial charge >= 0.3 is 0 Å². The Morgan fingerprint density at radius 1 is 1.80 bits per heavy atom. The smallest absolute Gasteiger partial charge is 0.102 e. The van der Waals surface area contributed by atoms with Crippen molar-refractivity contribution in [1.29, 1.82) is 0 Å². The maximum atomic E-state index is 9.36. The summed E-state index contributed by atoms with van der Waals surface area (Å²) in [6.07, 6.45) is 2.59. The minimum absolute atomic E-state index is 0.212. The van der Waals surface area contributed by atoms with Crippen molar-refractivity contribution >= 4 is 0 Å². The Balaban J connectivity index is 2.62. The molecule has 0 atom stereocenters. The second-order valence-corrected chi connectivity index (χ2v) is 0.595. The van der Waals surface area contributed by atoms with E-state index in [1.54, 1.807) is 0 Å². The first-order chi connectivity index (χ1) is 2.41. The molecule has 0 spiro atoms. The van der Waals surface area contributed by atoms with Crippen LogP contribution in [0.15, 0.2) is 12.3 Å². The van der Waals surface area contributed by atoms with E-state index in [2.05, 4.69) is 0 Å². The fourth-order valence-electron chi connectivity index (χ4n) is 0.0556. The highest BCUT2D eigenvalue weighted by molar-refractivity contribution is 4.72. The zero-order valence-corrected chi connectivity index (χ0v) is 2.85. The van der Waals surface area contributed by atoms with Gasteiger partial charge in [0.2, 0.25) is 0 Å². The first-order valence-corrected chi connectivity index (χ1v) is 1.36. The van der Waals surface area contributed by atoms with Crippen LogP contribution in [0, 0.1) is 0 Å². The summed E-state index contributed by atoms with van der Waals surface area (Å²) < 4.78 is 0. The van der Waals surface area contributed by atoms with Crippen LogP contribution in [0.2, 0.25) is 0 Å². The fraction of sp³-hybridized carbons (Fsp3) is 0.333. The van der Waals surface area contributed by atoms with Crippen LogP contribution in [0.1, 0.15) is 0 Å². The van der Waals surface area contributed by atoms with E-state index in [1.165, 1.54) is 12.3 Å². The maximum Gasteiger partial charge on any atom is 0.102 e. The summed E-state index contributed by atoms with van der Waals surface area (Å²) in [5.74, 6) is 0. The second kappa shape index (κ2) is 3.50. The van der Waals surface area contributed by atoms with Crippen molar-refractivity contribution in [1.82, 2.24) is 0 Å². The van der Waals surface area contributed by atoms with Gasteiger partial charge in [-0.2, -0.15) is 0 Å². The predicted octanol–water partition coefficient (Wildman–Crippen LogP) is -0.111. The molecule has 0 amide bonds. The molecule has 2 heteroatoms. The van der Waals surface area contributed by atoms with E-state index in [1.807, 2.05) is 0 Å². The van der Waals surface area contributed by atoms with Gasteiger partial charge in [0.15, 0.2) is 0 Å². The average molecular weight is 72.1 g/mol. The van der Waals surface area contributed by atoms with Crippen molar-refractivity contribution in [3.05, 3.63) is 12.3 Å². The molecule has 29 valence electrons. The minimum Gasteiger partial charge on any atom is -0.405 e. The lowest BCUT2D eigenvalue weighted by Crippen LogP contribution is -1.76. The minimum atomic E-state index is -0.212. The van der Waals surface area contributed by atoms with Crippen LogP contribution in [0.5, 0.6) is 0 Å². The third-order valence-electron chi connectivity index (χ3n) is 0.232. The molecule has 0 aromatic rings. The standard InChI is InChI=1S/C3H6NO/c4-2-1-3-5/h1-2H,3-4H2. The van der Waals surface area contributed by atoms with Crippen molar-refractivity contribution in [2.45, 2.75) is 0 Å². The molecular weight excluding hydrogens is 66.0 g/mol. The molecule has 0 fully saturated rings. The molecule has 0 saturated carbocycles. The number of hydrogen-bond donors (Lipinski definition) is 1. The Morgan fingerprint density at radius 3 is 2.40 bits per heavy atom. The first-order valence-electron chi connectivity index (χ1n) is 1.36. The molecule has 0 aliphatic carbocycles. The number of nitrogens with two attached hydrogens (primary N) is 1. The largest absolute Gasteiger partial charge is 0.405 e. The van der Waals surface area contributed by atoms with E-state index in [4.69, 9.17) is 5.73 Å². The van der Waals surface area contributed by atoms with Gasteiger partial charge in [0, 0.05) is 0 Å². The van der Waals surface area contributed by atoms with Crippen molar-refractivity contribution in [2.75, 3.05) is 6.61 Å². The molecule has 0 aromatic heterocycles. The molecule has 0 bridgehead atoms. The summed E-state index contributed by atoms with van der Waals surface area (Å²) in [4.78, 5) is 0. The summed E-state index contributed by atoms with van der Waals surface area (Å²) in [5, 5.41) is 9.36. The Kier molecular flexibility index (Phi) is 3.15. The van der Waals surface area contributed by atoms with Gasteiger partial charge in [0.25, 0.3) is 0 Å². The lowest BCUT2D eigenvalue weighted by molar-refractivity contribution is 0.232. The van der Waals surface area contributed by atoms with Gasteiger partial charge in [-0.1, -0.05) is 0 Å². The second-order valence-electron chi connectivity index (χ2n) is 0.595. The lowest BCUT2D eigenvalue weighted by atomic mass is 10.7. The summed E-state index contributed by atoms with van der Waals surface area (Å²) in [7, 11) is 0. The lowest BCUT2D eigenvalue weighted by Gasteiger charge is -1.63. The Hall–Kier alpha value is -0.500. The highest BCUT2D eigenvalue weighted by Crippen LogP contribution is 1.54. The van der Waals surface area contributed by atoms with Crippen LogP contribution in [0.3, 0.4) is 0 Å². The van der Waals surface area contributed by atoms with Crippen molar-refractivity contribution < 1.29 is 5.11 Å². The zero-order chi connectivity index (χ0) is 4.12. The van der Waals surface area contributed by atoms with Crippen molar-refractivity contribution in [3.63, 3.8) is 0 Å². The summed E-state index contributed by atoms with van der Waals surface area (Å²) in [6.45, 7) is -0.212. The molecule has 2 N–H and O–H groups in total. The molecular formula is C3H6NO. The SMILES string of the molecule is NC=CC[O]. The normalized spacial score (nSPS) is 9.80. The number of hydrogen-bond acceptors (Lipinski definition) is 1. The topological polar surface area (TPSA) is 45.9 Å². The van der Waals surface area contributed by atoms with E-state index in [9.17, 15) is 5.11 Å². The van der Waals surface area contributed by atoms with Gasteiger partial charge in [0.1, 0.15) is 6.61 Å². The molecule has 0 aromatic carbocycles. The molecule has 0 heterocycles. The summed E-state index contributed by atoms with van der Waals surface area (Å²) in [5.41, 5.74) is 4.76. The van der Waals surface area contributed by atoms with E-state index < -0.39 is 0 Å². The van der Waals surface area contributed by atoms with E-state index in [0.717, 1.165) is 0 Å². The zero-order valence-electron chi connectivity index (χ0n) is 2.85. The van der Waals surface area contributed by atoms with Gasteiger partial charge in [-0.25, -0.2) is 5.11 Å². The average Bonchev–Trinajstić information content (AvgIpc) is 1.41. The monoisotopic (exact) mass is 72.0 g/mol. The quantitative estimate of drug-likeness (QED) is 0.461. The van der Waals surface area contributed by atoms with Gasteiger partial charge < -0.3 is 5.73 Å². The highest BCUT2D eigenvalue weighted by atomic mass is 16.2. The molecule has 2 nitrogen and oxygen atoms in total. The molecule has 0 saturated heterocycles. The summed E-state index contributed by atoms with van der Waals surface area (Å²) >= 11 is 0. The van der Waals surface area contributed by atoms with E-state index >= 15 is 0 Å². The first kappa shape index (κ1) is 4.50. The van der Waals surface area contributed by atoms with Gasteiger partial charge in [-0.15, -0.1) is 0 Å². The predicted molar refractivity (Wildman–Crippen MR) is 18.9 cm³/mol. The molecule has 5 heavy (non-hydrogen) atoms. The Labute approximate surface area is 30.9 Å². The molecule has 0 unspecified atom stereocenters. The van der Waals surface area contributed by atoms with Gasteiger partial charge in [-0.3, -0.25) is 0 Å². The van der Waals surface area contributed by atoms with Crippen LogP contribution in [-0.4, -0.2) is 6.61 Å². The van der Waals surface area contributed by atoms with E-state index in [0.29, 0.717) is 0 Å². The molecule has 0 rings (SSSR count). The van der Waals surface area contributed by atoms with Crippen LogP contribution in [-0.2, 0) is 5.11 Å². The van der Waals surface area contributed by atoms with Crippen LogP contribution in [0.25, 0.3) is 0 Å². The third kappa shape index (κ3) is 3.50. The van der Waals surface area contributed by atoms with Crippen LogP contribution in [0.4, 0.5) is 0 Å². The van der Waals surface area contributed by atoms with Crippen LogP contribution >= 0.6 is 0 Å². The Bertz CT molecular complexity index is 33.9. The number of rotatable bonds is 1. The van der Waals surface area contributed by atoms with Crippen molar-refractivity contribution in [2.24, 2.45) is 5.73 Å². The van der Waals surface area contributed by atoms with Gasteiger partial charge in [0.05, 0.1) is 0 Å². The Morgan fingerprint density at radius 2 is 2.40 bits per heavy atom. The molecule has 0 aliphatic rings. The van der Waals surface area contributed by atoms with E-state index in [-0.39, 0.29) is 6.61 Å². The van der Waals surface area contributed by atoms with Gasteiger partial charge in [-0.05, 0) is 12.3 Å². The van der Waals surface area contributed by atoms with Crippen LogP contribution < -0.4 is 5.73 Å². The molecule has 1 radical (unpaired) electrons.